The first-order chi connectivity index (χ1) is 20.6. The van der Waals surface area contributed by atoms with E-state index >= 15 is 0 Å². The van der Waals surface area contributed by atoms with Crippen LogP contribution in [0.3, 0.4) is 0 Å². The van der Waals surface area contributed by atoms with Crippen molar-refractivity contribution in [3.63, 3.8) is 0 Å². The van der Waals surface area contributed by atoms with Crippen LogP contribution in [0.2, 0.25) is 0 Å². The number of benzene rings is 3. The van der Waals surface area contributed by atoms with Crippen molar-refractivity contribution in [2.75, 3.05) is 6.54 Å². The van der Waals surface area contributed by atoms with Gasteiger partial charge in [-0.2, -0.15) is 17.5 Å². The van der Waals surface area contributed by atoms with E-state index in [1.165, 1.54) is 28.6 Å². The summed E-state index contributed by atoms with van der Waals surface area (Å²) < 4.78 is 78.8. The highest BCUT2D eigenvalue weighted by Gasteiger charge is 2.40. The third-order valence-corrected chi connectivity index (χ3v) is 9.19. The van der Waals surface area contributed by atoms with Crippen LogP contribution in [0.15, 0.2) is 82.3 Å². The average Bonchev–Trinajstić information content (AvgIpc) is 3.63. The highest BCUT2D eigenvalue weighted by atomic mass is 32.2. The molecule has 0 bridgehead atoms. The van der Waals surface area contributed by atoms with Crippen molar-refractivity contribution < 1.29 is 40.3 Å². The SMILES string of the molecule is CC(C)(C)OC(=O)c1ccc(CCC(=O)C2CCCN2S(=O)(=O)c2cc3ccccc3o2)cc1-c1ccc(C(F)(F)F)cc1. The summed E-state index contributed by atoms with van der Waals surface area (Å²) in [5, 5.41) is 0.434. The lowest BCUT2D eigenvalue weighted by Crippen LogP contribution is -2.40. The number of rotatable bonds is 8. The van der Waals surface area contributed by atoms with E-state index in [4.69, 9.17) is 9.15 Å². The van der Waals surface area contributed by atoms with E-state index in [1.54, 1.807) is 57.2 Å². The van der Waals surface area contributed by atoms with Gasteiger partial charge >= 0.3 is 12.1 Å². The highest BCUT2D eigenvalue weighted by Crippen LogP contribution is 2.34. The number of nitrogens with zero attached hydrogens (tertiary/aromatic N) is 1. The van der Waals surface area contributed by atoms with Crippen LogP contribution >= 0.6 is 0 Å². The predicted molar refractivity (Wildman–Crippen MR) is 159 cm³/mol. The van der Waals surface area contributed by atoms with E-state index in [0.717, 1.165) is 12.1 Å². The lowest BCUT2D eigenvalue weighted by molar-refractivity contribution is -0.137. The fourth-order valence-corrected chi connectivity index (χ4v) is 6.95. The summed E-state index contributed by atoms with van der Waals surface area (Å²) in [6, 6.07) is 16.9. The monoisotopic (exact) mass is 627 g/mol. The van der Waals surface area contributed by atoms with Gasteiger partial charge in [0.25, 0.3) is 10.0 Å². The van der Waals surface area contributed by atoms with Gasteiger partial charge in [-0.25, -0.2) is 13.2 Å². The van der Waals surface area contributed by atoms with Gasteiger partial charge in [0.15, 0.2) is 5.78 Å². The van der Waals surface area contributed by atoms with Gasteiger partial charge in [-0.1, -0.05) is 42.5 Å². The molecule has 5 rings (SSSR count). The number of hydrogen-bond acceptors (Lipinski definition) is 6. The molecule has 2 heterocycles. The number of halogens is 3. The molecule has 232 valence electrons. The lowest BCUT2D eigenvalue weighted by Gasteiger charge is -2.22. The molecule has 0 saturated carbocycles. The molecule has 0 radical (unpaired) electrons. The fourth-order valence-electron chi connectivity index (χ4n) is 5.32. The molecule has 1 fully saturated rings. The first-order valence-corrected chi connectivity index (χ1v) is 15.6. The normalized spacial score (nSPS) is 16.4. The molecule has 7 nitrogen and oxygen atoms in total. The second-order valence-corrected chi connectivity index (χ2v) is 13.6. The molecular weight excluding hydrogens is 595 g/mol. The molecule has 1 saturated heterocycles. The Morgan fingerprint density at radius 3 is 2.34 bits per heavy atom. The van der Waals surface area contributed by atoms with Crippen molar-refractivity contribution in [1.29, 1.82) is 0 Å². The number of carbonyl (C=O) groups is 2. The van der Waals surface area contributed by atoms with Crippen LogP contribution in [-0.4, -0.2) is 42.7 Å². The maximum Gasteiger partial charge on any atom is 0.416 e. The van der Waals surface area contributed by atoms with Crippen molar-refractivity contribution >= 4 is 32.7 Å². The van der Waals surface area contributed by atoms with Gasteiger partial charge < -0.3 is 9.15 Å². The Morgan fingerprint density at radius 1 is 0.977 bits per heavy atom. The van der Waals surface area contributed by atoms with Crippen molar-refractivity contribution in [3.8, 4) is 11.1 Å². The molecule has 0 aliphatic carbocycles. The molecule has 3 aromatic carbocycles. The van der Waals surface area contributed by atoms with Gasteiger partial charge in [-0.3, -0.25) is 4.79 Å². The number of fused-ring (bicyclic) bond motifs is 1. The minimum Gasteiger partial charge on any atom is -0.456 e. The van der Waals surface area contributed by atoms with E-state index in [1.807, 2.05) is 0 Å². The van der Waals surface area contributed by atoms with Crippen LogP contribution in [0.4, 0.5) is 13.2 Å². The molecule has 1 aromatic heterocycles. The zero-order valence-corrected chi connectivity index (χ0v) is 25.3. The summed E-state index contributed by atoms with van der Waals surface area (Å²) in [5.41, 5.74) is 0.403. The number of aryl methyl sites for hydroxylation is 1. The fraction of sp³-hybridized carbons (Fsp3) is 0.333. The minimum absolute atomic E-state index is 0.0229. The number of furan rings is 1. The summed E-state index contributed by atoms with van der Waals surface area (Å²) in [6.07, 6.45) is -3.35. The maximum atomic E-state index is 13.4. The Hall–Kier alpha value is -3.96. The van der Waals surface area contributed by atoms with E-state index in [9.17, 15) is 31.2 Å². The Morgan fingerprint density at radius 2 is 1.68 bits per heavy atom. The number of ketones is 1. The number of para-hydroxylation sites is 1. The molecule has 0 amide bonds. The second kappa shape index (κ2) is 11.9. The third-order valence-electron chi connectivity index (χ3n) is 7.43. The van der Waals surface area contributed by atoms with Crippen LogP contribution in [0.1, 0.15) is 61.5 Å². The van der Waals surface area contributed by atoms with Gasteiger partial charge in [-0.05, 0) is 81.0 Å². The molecule has 11 heteroatoms. The third kappa shape index (κ3) is 6.73. The van der Waals surface area contributed by atoms with Crippen molar-refractivity contribution in [2.45, 2.75) is 69.4 Å². The zero-order chi connectivity index (χ0) is 31.9. The van der Waals surface area contributed by atoms with Crippen molar-refractivity contribution in [2.24, 2.45) is 0 Å². The Kier molecular flexibility index (Phi) is 8.48. The first-order valence-electron chi connectivity index (χ1n) is 14.2. The smallest absolute Gasteiger partial charge is 0.416 e. The molecule has 0 N–H and O–H groups in total. The molecular formula is C33H32F3NO6S. The summed E-state index contributed by atoms with van der Waals surface area (Å²) in [4.78, 5) is 26.4. The first kappa shape index (κ1) is 31.5. The van der Waals surface area contributed by atoms with Gasteiger partial charge in [0.2, 0.25) is 5.09 Å². The highest BCUT2D eigenvalue weighted by molar-refractivity contribution is 7.89. The van der Waals surface area contributed by atoms with Gasteiger partial charge in [0, 0.05) is 24.4 Å². The minimum atomic E-state index is -4.51. The standard InChI is InChI=1S/C33H32F3NO6S/c1-32(2,3)43-31(39)25-16-10-21(19-26(25)22-12-14-24(15-13-22)33(34,35)36)11-17-28(38)27-8-6-18-37(27)44(40,41)30-20-23-7-4-5-9-29(23)42-30/h4-5,7,9-10,12-16,19-20,27H,6,8,11,17-18H2,1-3H3. The second-order valence-electron chi connectivity index (χ2n) is 11.8. The van der Waals surface area contributed by atoms with E-state index in [-0.39, 0.29) is 35.8 Å². The summed E-state index contributed by atoms with van der Waals surface area (Å²) >= 11 is 0. The van der Waals surface area contributed by atoms with E-state index < -0.39 is 39.4 Å². The summed E-state index contributed by atoms with van der Waals surface area (Å²) in [6.45, 7) is 5.33. The van der Waals surface area contributed by atoms with Crippen molar-refractivity contribution in [3.05, 3.63) is 89.5 Å². The quantitative estimate of drug-likeness (QED) is 0.189. The van der Waals surface area contributed by atoms with Crippen molar-refractivity contribution in [1.82, 2.24) is 4.31 Å². The number of hydrogen-bond donors (Lipinski definition) is 0. The zero-order valence-electron chi connectivity index (χ0n) is 24.5. The number of esters is 1. The molecule has 1 atom stereocenters. The molecule has 0 spiro atoms. The largest absolute Gasteiger partial charge is 0.456 e. The molecule has 1 aliphatic rings. The number of alkyl halides is 3. The Balaban J connectivity index is 1.37. The predicted octanol–water partition coefficient (Wildman–Crippen LogP) is 7.43. The van der Waals surface area contributed by atoms with Crippen LogP contribution in [0.25, 0.3) is 22.1 Å². The van der Waals surface area contributed by atoms with Crippen LogP contribution < -0.4 is 0 Å². The maximum absolute atomic E-state index is 13.4. The topological polar surface area (TPSA) is 93.9 Å². The van der Waals surface area contributed by atoms with Crippen LogP contribution in [-0.2, 0) is 32.2 Å². The number of sulfonamides is 1. The average molecular weight is 628 g/mol. The lowest BCUT2D eigenvalue weighted by atomic mass is 9.94. The number of carbonyl (C=O) groups excluding carboxylic acids is 2. The van der Waals surface area contributed by atoms with Gasteiger partial charge in [-0.15, -0.1) is 0 Å². The molecule has 1 unspecified atom stereocenters. The molecule has 4 aromatic rings. The number of ether oxygens (including phenoxy) is 1. The van der Waals surface area contributed by atoms with Crippen LogP contribution in [0.5, 0.6) is 0 Å². The summed E-state index contributed by atoms with van der Waals surface area (Å²) in [5.74, 6) is -0.887. The van der Waals surface area contributed by atoms with Crippen LogP contribution in [0, 0.1) is 0 Å². The molecule has 44 heavy (non-hydrogen) atoms. The Labute approximate surface area is 253 Å². The summed E-state index contributed by atoms with van der Waals surface area (Å²) in [7, 11) is -4.05. The van der Waals surface area contributed by atoms with Gasteiger partial charge in [0.1, 0.15) is 11.2 Å². The van der Waals surface area contributed by atoms with Gasteiger partial charge in [0.05, 0.1) is 17.2 Å². The van der Waals surface area contributed by atoms with E-state index in [0.29, 0.717) is 40.5 Å². The van der Waals surface area contributed by atoms with E-state index in [2.05, 4.69) is 0 Å². The molecule has 1 aliphatic heterocycles. The number of Topliss-reactive ketones (excluding diaryl/α,β-unsaturated/α-hetero) is 1. The Bertz CT molecular complexity index is 1770.